The van der Waals surface area contributed by atoms with E-state index in [0.29, 0.717) is 0 Å². The van der Waals surface area contributed by atoms with Gasteiger partial charge in [-0.05, 0) is 19.1 Å². The van der Waals surface area contributed by atoms with Crippen LogP contribution in [0.25, 0.3) is 0 Å². The number of hydrogen-bond acceptors (Lipinski definition) is 4. The van der Waals surface area contributed by atoms with Crippen LogP contribution in [0.2, 0.25) is 0 Å². The second-order valence-corrected chi connectivity index (χ2v) is 1.75. The smallest absolute Gasteiger partial charge is 0.448 e. The average molecular weight is 182 g/mol. The van der Waals surface area contributed by atoms with Gasteiger partial charge in [-0.2, -0.15) is 0 Å². The highest BCUT2D eigenvalue weighted by atomic mass is 16.7. The van der Waals surface area contributed by atoms with Gasteiger partial charge in [0.25, 0.3) is 0 Å². The van der Waals surface area contributed by atoms with Gasteiger partial charge in [0.05, 0.1) is 0 Å². The first-order valence-corrected chi connectivity index (χ1v) is 3.50. The number of pyridine rings is 1. The van der Waals surface area contributed by atoms with Crippen LogP contribution in [0.1, 0.15) is 6.92 Å². The van der Waals surface area contributed by atoms with E-state index in [0.717, 1.165) is 0 Å². The van der Waals surface area contributed by atoms with Gasteiger partial charge in [0, 0.05) is 18.6 Å². The number of oxime groups is 1. The zero-order chi connectivity index (χ0) is 9.94. The van der Waals surface area contributed by atoms with E-state index in [4.69, 9.17) is 5.11 Å². The van der Waals surface area contributed by atoms with Crippen molar-refractivity contribution in [1.82, 2.24) is 4.98 Å². The van der Waals surface area contributed by atoms with Gasteiger partial charge < -0.3 is 5.11 Å². The molecule has 1 aromatic rings. The van der Waals surface area contributed by atoms with Crippen molar-refractivity contribution in [1.29, 1.82) is 0 Å². The molecule has 5 heteroatoms. The van der Waals surface area contributed by atoms with Gasteiger partial charge in [0.2, 0.25) is 0 Å². The lowest BCUT2D eigenvalue weighted by atomic mass is 10.5. The van der Waals surface area contributed by atoms with Crippen LogP contribution in [-0.2, 0) is 4.84 Å². The maximum absolute atomic E-state index is 9.42. The summed E-state index contributed by atoms with van der Waals surface area (Å²) in [6, 6.07) is 5.72. The Bertz CT molecular complexity index is 222. The molecule has 5 nitrogen and oxygen atoms in total. The fourth-order valence-corrected chi connectivity index (χ4v) is 0.410. The van der Waals surface area contributed by atoms with Crippen molar-refractivity contribution in [2.75, 3.05) is 0 Å². The van der Waals surface area contributed by atoms with Crippen LogP contribution < -0.4 is 0 Å². The molecule has 1 rings (SSSR count). The molecule has 0 unspecified atom stereocenters. The van der Waals surface area contributed by atoms with Crippen molar-refractivity contribution >= 4 is 12.4 Å². The Labute approximate surface area is 75.7 Å². The van der Waals surface area contributed by atoms with Gasteiger partial charge in [-0.3, -0.25) is 9.82 Å². The second kappa shape index (κ2) is 8.19. The van der Waals surface area contributed by atoms with Gasteiger partial charge in [0.1, 0.15) is 0 Å². The fraction of sp³-hybridized carbons (Fsp3) is 0.125. The quantitative estimate of drug-likeness (QED) is 0.408. The molecule has 1 N–H and O–H groups in total. The normalized spacial score (nSPS) is 8.69. The Morgan fingerprint density at radius 3 is 2.23 bits per heavy atom. The van der Waals surface area contributed by atoms with E-state index in [-0.39, 0.29) is 0 Å². The third-order valence-corrected chi connectivity index (χ3v) is 0.803. The highest BCUT2D eigenvalue weighted by Crippen LogP contribution is 1.73. The zero-order valence-electron chi connectivity index (χ0n) is 7.12. The Kier molecular flexibility index (Phi) is 6.99. The van der Waals surface area contributed by atoms with Gasteiger partial charge in [-0.1, -0.05) is 11.2 Å². The maximum Gasteiger partial charge on any atom is 0.532 e. The monoisotopic (exact) mass is 182 g/mol. The van der Waals surface area contributed by atoms with Crippen molar-refractivity contribution in [3.05, 3.63) is 30.6 Å². The molecule has 0 aliphatic rings. The van der Waals surface area contributed by atoms with E-state index in [1.807, 2.05) is 18.2 Å². The predicted octanol–water partition coefficient (Wildman–Crippen LogP) is 1.77. The van der Waals surface area contributed by atoms with E-state index < -0.39 is 6.16 Å². The number of hydrogen-bond donors (Lipinski definition) is 1. The summed E-state index contributed by atoms with van der Waals surface area (Å²) >= 11 is 0. The lowest BCUT2D eigenvalue weighted by Crippen LogP contribution is -1.91. The highest BCUT2D eigenvalue weighted by Gasteiger charge is 1.87. The van der Waals surface area contributed by atoms with Crippen LogP contribution in [0.5, 0.6) is 0 Å². The maximum atomic E-state index is 9.42. The molecular weight excluding hydrogens is 172 g/mol. The molecule has 0 amide bonds. The molecule has 0 aromatic carbocycles. The average Bonchev–Trinajstić information content (AvgIpc) is 2.18. The van der Waals surface area contributed by atoms with Crippen molar-refractivity contribution < 1.29 is 14.7 Å². The summed E-state index contributed by atoms with van der Waals surface area (Å²) in [7, 11) is 0. The SMILES string of the molecule is CC=NOC(=O)O.c1ccncc1. The van der Waals surface area contributed by atoms with E-state index in [2.05, 4.69) is 15.0 Å². The first-order valence-electron chi connectivity index (χ1n) is 3.50. The molecule has 0 radical (unpaired) electrons. The molecule has 0 bridgehead atoms. The molecule has 1 heterocycles. The third kappa shape index (κ3) is 10.1. The number of nitrogens with zero attached hydrogens (tertiary/aromatic N) is 2. The summed E-state index contributed by atoms with van der Waals surface area (Å²) in [5.41, 5.74) is 0. The van der Waals surface area contributed by atoms with E-state index >= 15 is 0 Å². The summed E-state index contributed by atoms with van der Waals surface area (Å²) in [5.74, 6) is 0. The Hall–Kier alpha value is -1.91. The standard InChI is InChI=1S/C5H5N.C3H5NO3/c1-2-4-6-5-3-1;1-2-4-7-3(5)6/h1-5H;2H,1H3,(H,5,6). The van der Waals surface area contributed by atoms with Gasteiger partial charge in [0.15, 0.2) is 0 Å². The molecule has 0 atom stereocenters. The topological polar surface area (TPSA) is 71.8 Å². The first-order chi connectivity index (χ1) is 6.27. The summed E-state index contributed by atoms with van der Waals surface area (Å²) in [6.07, 6.45) is 3.35. The molecule has 0 aliphatic heterocycles. The number of carboxylic acid groups (broad SMARTS) is 1. The predicted molar refractivity (Wildman–Crippen MR) is 47.5 cm³/mol. The summed E-state index contributed by atoms with van der Waals surface area (Å²) in [5, 5.41) is 10.7. The Morgan fingerprint density at radius 1 is 1.46 bits per heavy atom. The first kappa shape index (κ1) is 11.1. The van der Waals surface area contributed by atoms with Crippen LogP contribution in [-0.4, -0.2) is 22.5 Å². The molecule has 70 valence electrons. The van der Waals surface area contributed by atoms with E-state index in [9.17, 15) is 4.79 Å². The van der Waals surface area contributed by atoms with Crippen LogP contribution in [0.4, 0.5) is 4.79 Å². The van der Waals surface area contributed by atoms with Gasteiger partial charge in [-0.15, -0.1) is 0 Å². The summed E-state index contributed by atoms with van der Waals surface area (Å²) in [6.45, 7) is 1.56. The van der Waals surface area contributed by atoms with Crippen molar-refractivity contribution in [3.8, 4) is 0 Å². The van der Waals surface area contributed by atoms with Gasteiger partial charge >= 0.3 is 6.16 Å². The van der Waals surface area contributed by atoms with Gasteiger partial charge in [-0.25, -0.2) is 4.79 Å². The van der Waals surface area contributed by atoms with Crippen LogP contribution >= 0.6 is 0 Å². The zero-order valence-corrected chi connectivity index (χ0v) is 7.12. The molecule has 13 heavy (non-hydrogen) atoms. The minimum Gasteiger partial charge on any atom is -0.448 e. The second-order valence-electron chi connectivity index (χ2n) is 1.75. The number of rotatable bonds is 1. The van der Waals surface area contributed by atoms with Crippen LogP contribution in [0.15, 0.2) is 35.7 Å². The molecular formula is C8H10N2O3. The summed E-state index contributed by atoms with van der Waals surface area (Å²) < 4.78 is 0. The minimum absolute atomic E-state index is 1.24. The lowest BCUT2D eigenvalue weighted by molar-refractivity contribution is 0.0953. The molecule has 0 spiro atoms. The fourth-order valence-electron chi connectivity index (χ4n) is 0.410. The highest BCUT2D eigenvalue weighted by molar-refractivity contribution is 5.59. The molecule has 0 saturated heterocycles. The number of carbonyl (C=O) groups is 1. The lowest BCUT2D eigenvalue weighted by Gasteiger charge is -1.81. The third-order valence-electron chi connectivity index (χ3n) is 0.803. The van der Waals surface area contributed by atoms with Crippen molar-refractivity contribution in [3.63, 3.8) is 0 Å². The van der Waals surface area contributed by atoms with Crippen LogP contribution in [0.3, 0.4) is 0 Å². The van der Waals surface area contributed by atoms with E-state index in [1.54, 1.807) is 19.3 Å². The molecule has 0 aliphatic carbocycles. The van der Waals surface area contributed by atoms with Crippen LogP contribution in [0, 0.1) is 0 Å². The molecule has 1 aromatic heterocycles. The largest absolute Gasteiger partial charge is 0.532 e. The Morgan fingerprint density at radius 2 is 2.08 bits per heavy atom. The number of aromatic nitrogens is 1. The minimum atomic E-state index is -1.39. The summed E-state index contributed by atoms with van der Waals surface area (Å²) in [4.78, 5) is 16.9. The van der Waals surface area contributed by atoms with Crippen molar-refractivity contribution in [2.45, 2.75) is 6.92 Å². The Balaban J connectivity index is 0.000000223. The van der Waals surface area contributed by atoms with E-state index in [1.165, 1.54) is 6.21 Å². The van der Waals surface area contributed by atoms with Crippen molar-refractivity contribution in [2.24, 2.45) is 5.16 Å². The molecule has 0 fully saturated rings. The molecule has 0 saturated carbocycles.